The smallest absolute Gasteiger partial charge is 0.376 e. The Bertz CT molecular complexity index is 929. The molecule has 0 saturated carbocycles. The highest BCUT2D eigenvalue weighted by molar-refractivity contribution is 7.88. The molecular weight excluding hydrogens is 407 g/mol. The van der Waals surface area contributed by atoms with Crippen LogP contribution < -0.4 is 4.72 Å². The van der Waals surface area contributed by atoms with Gasteiger partial charge >= 0.3 is 6.18 Å². The molecule has 2 heterocycles. The summed E-state index contributed by atoms with van der Waals surface area (Å²) >= 11 is 5.84. The monoisotopic (exact) mass is 423 g/mol. The Kier molecular flexibility index (Phi) is 5.80. The van der Waals surface area contributed by atoms with Crippen LogP contribution in [0.2, 0.25) is 5.02 Å². The van der Waals surface area contributed by atoms with E-state index in [4.69, 9.17) is 16.3 Å². The van der Waals surface area contributed by atoms with E-state index in [1.807, 2.05) is 0 Å². The standard InChI is InChI=1S/C16H17ClF3N3O3S/c17-12-3-1-2-11(8-12)10-27(24,25)21-5-6-23-14-4-7-26-9-13(14)15(22-23)16(18,19)20/h1-3,8,21H,4-7,9-10H2. The van der Waals surface area contributed by atoms with Gasteiger partial charge in [-0.25, -0.2) is 13.1 Å². The van der Waals surface area contributed by atoms with Crippen LogP contribution >= 0.6 is 11.6 Å². The summed E-state index contributed by atoms with van der Waals surface area (Å²) in [7, 11) is -3.66. The van der Waals surface area contributed by atoms with Gasteiger partial charge in [0.25, 0.3) is 0 Å². The molecule has 27 heavy (non-hydrogen) atoms. The van der Waals surface area contributed by atoms with Gasteiger partial charge in [-0.3, -0.25) is 4.68 Å². The van der Waals surface area contributed by atoms with Gasteiger partial charge < -0.3 is 4.74 Å². The first-order valence-corrected chi connectivity index (χ1v) is 10.1. The first-order valence-electron chi connectivity index (χ1n) is 8.11. The Morgan fingerprint density at radius 2 is 2.11 bits per heavy atom. The average Bonchev–Trinajstić information content (AvgIpc) is 2.93. The highest BCUT2D eigenvalue weighted by atomic mass is 35.5. The van der Waals surface area contributed by atoms with E-state index in [2.05, 4.69) is 9.82 Å². The van der Waals surface area contributed by atoms with Crippen LogP contribution in [0, 0.1) is 0 Å². The summed E-state index contributed by atoms with van der Waals surface area (Å²) in [5.74, 6) is -0.271. The minimum Gasteiger partial charge on any atom is -0.376 e. The molecule has 0 spiro atoms. The molecule has 1 N–H and O–H groups in total. The summed E-state index contributed by atoms with van der Waals surface area (Å²) in [5, 5.41) is 4.06. The maximum Gasteiger partial charge on any atom is 0.435 e. The second kappa shape index (κ2) is 7.78. The Balaban J connectivity index is 1.67. The number of benzene rings is 1. The second-order valence-electron chi connectivity index (χ2n) is 6.08. The van der Waals surface area contributed by atoms with Crippen molar-refractivity contribution in [2.75, 3.05) is 13.2 Å². The lowest BCUT2D eigenvalue weighted by Crippen LogP contribution is -2.29. The number of halogens is 4. The molecule has 0 bridgehead atoms. The number of sulfonamides is 1. The van der Waals surface area contributed by atoms with Gasteiger partial charge in [0.1, 0.15) is 0 Å². The number of hydrogen-bond donors (Lipinski definition) is 1. The molecule has 6 nitrogen and oxygen atoms in total. The number of ether oxygens (including phenoxy) is 1. The quantitative estimate of drug-likeness (QED) is 0.775. The topological polar surface area (TPSA) is 73.2 Å². The Labute approximate surface area is 159 Å². The van der Waals surface area contributed by atoms with Gasteiger partial charge in [-0.2, -0.15) is 18.3 Å². The number of rotatable bonds is 6. The fraction of sp³-hybridized carbons (Fsp3) is 0.438. The predicted octanol–water partition coefficient (Wildman–Crippen LogP) is 2.75. The summed E-state index contributed by atoms with van der Waals surface area (Å²) in [5.41, 5.74) is 0.000100. The van der Waals surface area contributed by atoms with E-state index in [-0.39, 0.29) is 31.0 Å². The molecule has 11 heteroatoms. The van der Waals surface area contributed by atoms with Crippen LogP contribution in [-0.2, 0) is 46.3 Å². The molecule has 3 rings (SSSR count). The fourth-order valence-corrected chi connectivity index (χ4v) is 4.26. The van der Waals surface area contributed by atoms with Gasteiger partial charge in [-0.05, 0) is 17.7 Å². The van der Waals surface area contributed by atoms with E-state index in [0.29, 0.717) is 29.3 Å². The molecule has 0 atom stereocenters. The Morgan fingerprint density at radius 1 is 1.33 bits per heavy atom. The number of hydrogen-bond acceptors (Lipinski definition) is 4. The third kappa shape index (κ3) is 5.01. The van der Waals surface area contributed by atoms with Crippen LogP contribution in [0.3, 0.4) is 0 Å². The fourth-order valence-electron chi connectivity index (χ4n) is 2.93. The van der Waals surface area contributed by atoms with Crippen molar-refractivity contribution in [1.29, 1.82) is 0 Å². The molecule has 0 radical (unpaired) electrons. The van der Waals surface area contributed by atoms with Crippen LogP contribution in [-0.4, -0.2) is 31.3 Å². The molecule has 148 valence electrons. The third-order valence-corrected chi connectivity index (χ3v) is 5.65. The molecule has 1 aromatic carbocycles. The van der Waals surface area contributed by atoms with Gasteiger partial charge in [-0.15, -0.1) is 0 Å². The number of alkyl halides is 3. The zero-order valence-corrected chi connectivity index (χ0v) is 15.7. The first kappa shape index (κ1) is 20.1. The van der Waals surface area contributed by atoms with Gasteiger partial charge in [0.05, 0.1) is 25.5 Å². The molecular formula is C16H17ClF3N3O3S. The maximum absolute atomic E-state index is 13.1. The van der Waals surface area contributed by atoms with Crippen LogP contribution in [0.15, 0.2) is 24.3 Å². The van der Waals surface area contributed by atoms with Crippen molar-refractivity contribution < 1.29 is 26.3 Å². The van der Waals surface area contributed by atoms with Crippen molar-refractivity contribution in [3.8, 4) is 0 Å². The van der Waals surface area contributed by atoms with Crippen molar-refractivity contribution in [2.45, 2.75) is 31.5 Å². The number of aromatic nitrogens is 2. The van der Waals surface area contributed by atoms with Gasteiger partial charge in [0.2, 0.25) is 10.0 Å². The van der Waals surface area contributed by atoms with Crippen LogP contribution in [0.5, 0.6) is 0 Å². The minimum absolute atomic E-state index is 0.00676. The number of nitrogens with zero attached hydrogens (tertiary/aromatic N) is 2. The van der Waals surface area contributed by atoms with Crippen LogP contribution in [0.25, 0.3) is 0 Å². The maximum atomic E-state index is 13.1. The van der Waals surface area contributed by atoms with Crippen molar-refractivity contribution in [3.63, 3.8) is 0 Å². The highest BCUT2D eigenvalue weighted by Gasteiger charge is 2.39. The Hall–Kier alpha value is -1.62. The molecule has 1 aliphatic rings. The van der Waals surface area contributed by atoms with Crippen molar-refractivity contribution in [2.24, 2.45) is 0 Å². The van der Waals surface area contributed by atoms with E-state index in [9.17, 15) is 21.6 Å². The highest BCUT2D eigenvalue weighted by Crippen LogP contribution is 2.34. The zero-order valence-electron chi connectivity index (χ0n) is 14.1. The Morgan fingerprint density at radius 3 is 2.81 bits per heavy atom. The van der Waals surface area contributed by atoms with Crippen molar-refractivity contribution in [3.05, 3.63) is 51.8 Å². The summed E-state index contributed by atoms with van der Waals surface area (Å²) in [6.45, 7) is 0.0729. The molecule has 0 aliphatic carbocycles. The summed E-state index contributed by atoms with van der Waals surface area (Å²) in [4.78, 5) is 0. The first-order chi connectivity index (χ1) is 12.7. The van der Waals surface area contributed by atoms with Gasteiger partial charge in [0.15, 0.2) is 5.69 Å². The largest absolute Gasteiger partial charge is 0.435 e. The lowest BCUT2D eigenvalue weighted by Gasteiger charge is -2.15. The molecule has 2 aromatic rings. The molecule has 0 saturated heterocycles. The van der Waals surface area contributed by atoms with Gasteiger partial charge in [-0.1, -0.05) is 23.7 Å². The predicted molar refractivity (Wildman–Crippen MR) is 92.7 cm³/mol. The van der Waals surface area contributed by atoms with Crippen molar-refractivity contribution >= 4 is 21.6 Å². The molecule has 0 fully saturated rings. The van der Waals surface area contributed by atoms with E-state index in [0.717, 1.165) is 0 Å². The molecule has 0 unspecified atom stereocenters. The number of fused-ring (bicyclic) bond motifs is 1. The molecule has 0 amide bonds. The van der Waals surface area contributed by atoms with Crippen molar-refractivity contribution in [1.82, 2.24) is 14.5 Å². The third-order valence-electron chi connectivity index (χ3n) is 4.06. The zero-order chi connectivity index (χ0) is 19.7. The summed E-state index contributed by atoms with van der Waals surface area (Å²) in [6, 6.07) is 6.45. The van der Waals surface area contributed by atoms with Crippen LogP contribution in [0.1, 0.15) is 22.5 Å². The summed E-state index contributed by atoms with van der Waals surface area (Å²) in [6.07, 6.45) is -4.28. The molecule has 1 aliphatic heterocycles. The minimum atomic E-state index is -4.58. The molecule has 1 aromatic heterocycles. The normalized spacial score (nSPS) is 15.0. The van der Waals surface area contributed by atoms with E-state index < -0.39 is 21.9 Å². The summed E-state index contributed by atoms with van der Waals surface area (Å²) < 4.78 is 72.4. The SMILES string of the molecule is O=S(=O)(Cc1cccc(Cl)c1)NCCn1nc(C(F)(F)F)c2c1CCOC2. The number of nitrogens with one attached hydrogen (secondary N) is 1. The van der Waals surface area contributed by atoms with E-state index in [1.165, 1.54) is 4.68 Å². The van der Waals surface area contributed by atoms with E-state index in [1.54, 1.807) is 24.3 Å². The van der Waals surface area contributed by atoms with Crippen LogP contribution in [0.4, 0.5) is 13.2 Å². The van der Waals surface area contributed by atoms with Gasteiger partial charge in [0, 0.05) is 29.2 Å². The second-order valence-corrected chi connectivity index (χ2v) is 8.32. The lowest BCUT2D eigenvalue weighted by atomic mass is 10.1. The lowest BCUT2D eigenvalue weighted by molar-refractivity contribution is -0.142. The van der Waals surface area contributed by atoms with E-state index >= 15 is 0 Å². The average molecular weight is 424 g/mol.